The molecule has 1 rings (SSSR count). The fourth-order valence-electron chi connectivity index (χ4n) is 1.40. The lowest BCUT2D eigenvalue weighted by atomic mass is 10.1. The third-order valence-electron chi connectivity index (χ3n) is 2.21. The summed E-state index contributed by atoms with van der Waals surface area (Å²) in [7, 11) is 0. The molecule has 0 aliphatic carbocycles. The van der Waals surface area contributed by atoms with E-state index < -0.39 is 0 Å². The van der Waals surface area contributed by atoms with Gasteiger partial charge in [0.25, 0.3) is 0 Å². The maximum absolute atomic E-state index is 3.25. The SMILES string of the molecule is CCCC=CCCCc1[c]cccc1. The lowest BCUT2D eigenvalue weighted by Gasteiger charge is -1.97. The summed E-state index contributed by atoms with van der Waals surface area (Å²) in [6.07, 6.45) is 10.6. The van der Waals surface area contributed by atoms with Gasteiger partial charge in [-0.05, 0) is 37.3 Å². The van der Waals surface area contributed by atoms with Crippen molar-refractivity contribution in [3.63, 3.8) is 0 Å². The lowest BCUT2D eigenvalue weighted by Crippen LogP contribution is -1.83. The van der Waals surface area contributed by atoms with Crippen LogP contribution in [0, 0.1) is 6.07 Å². The number of unbranched alkanes of at least 4 members (excludes halogenated alkanes) is 2. The number of hydrogen-bond acceptors (Lipinski definition) is 0. The maximum Gasteiger partial charge on any atom is -0.0149 e. The average molecular weight is 187 g/mol. The summed E-state index contributed by atoms with van der Waals surface area (Å²) in [4.78, 5) is 0. The zero-order chi connectivity index (χ0) is 10.1. The first-order chi connectivity index (χ1) is 6.93. The highest BCUT2D eigenvalue weighted by Crippen LogP contribution is 2.04. The summed E-state index contributed by atoms with van der Waals surface area (Å²) in [5.74, 6) is 0. The second-order valence-electron chi connectivity index (χ2n) is 3.54. The van der Waals surface area contributed by atoms with Gasteiger partial charge in [-0.1, -0.05) is 49.8 Å². The third-order valence-corrected chi connectivity index (χ3v) is 2.21. The normalized spacial score (nSPS) is 10.9. The molecule has 0 amide bonds. The van der Waals surface area contributed by atoms with Crippen molar-refractivity contribution in [2.75, 3.05) is 0 Å². The lowest BCUT2D eigenvalue weighted by molar-refractivity contribution is 0.835. The second kappa shape index (κ2) is 7.37. The molecular formula is C14H19. The van der Waals surface area contributed by atoms with Gasteiger partial charge in [0, 0.05) is 0 Å². The Morgan fingerprint density at radius 3 is 2.79 bits per heavy atom. The van der Waals surface area contributed by atoms with E-state index in [0.717, 1.165) is 6.42 Å². The predicted octanol–water partition coefficient (Wildman–Crippen LogP) is 4.17. The molecule has 0 nitrogen and oxygen atoms in total. The van der Waals surface area contributed by atoms with Gasteiger partial charge in [-0.2, -0.15) is 0 Å². The summed E-state index contributed by atoms with van der Waals surface area (Å²) < 4.78 is 0. The van der Waals surface area contributed by atoms with Crippen LogP contribution in [-0.2, 0) is 6.42 Å². The van der Waals surface area contributed by atoms with E-state index in [0.29, 0.717) is 0 Å². The minimum Gasteiger partial charge on any atom is -0.0885 e. The Balaban J connectivity index is 2.10. The Morgan fingerprint density at radius 2 is 2.07 bits per heavy atom. The van der Waals surface area contributed by atoms with Crippen LogP contribution in [0.4, 0.5) is 0 Å². The molecule has 1 aromatic carbocycles. The van der Waals surface area contributed by atoms with E-state index in [1.54, 1.807) is 0 Å². The molecule has 0 aliphatic rings. The van der Waals surface area contributed by atoms with Crippen molar-refractivity contribution < 1.29 is 0 Å². The van der Waals surface area contributed by atoms with Crippen molar-refractivity contribution in [3.05, 3.63) is 48.0 Å². The molecule has 0 spiro atoms. The van der Waals surface area contributed by atoms with E-state index in [1.807, 2.05) is 12.1 Å². The van der Waals surface area contributed by atoms with Crippen LogP contribution in [0.5, 0.6) is 0 Å². The number of allylic oxidation sites excluding steroid dienone is 2. The van der Waals surface area contributed by atoms with E-state index in [9.17, 15) is 0 Å². The Morgan fingerprint density at radius 1 is 1.21 bits per heavy atom. The van der Waals surface area contributed by atoms with Gasteiger partial charge in [-0.25, -0.2) is 0 Å². The Hall–Kier alpha value is -1.04. The molecule has 14 heavy (non-hydrogen) atoms. The molecule has 0 saturated heterocycles. The number of benzene rings is 1. The summed E-state index contributed by atoms with van der Waals surface area (Å²) in [6, 6.07) is 11.5. The number of aryl methyl sites for hydroxylation is 1. The van der Waals surface area contributed by atoms with Crippen LogP contribution < -0.4 is 0 Å². The van der Waals surface area contributed by atoms with Gasteiger partial charge < -0.3 is 0 Å². The fraction of sp³-hybridized carbons (Fsp3) is 0.429. The van der Waals surface area contributed by atoms with Crippen molar-refractivity contribution in [2.24, 2.45) is 0 Å². The van der Waals surface area contributed by atoms with Crippen LogP contribution in [-0.4, -0.2) is 0 Å². The first-order valence-electron chi connectivity index (χ1n) is 5.54. The molecule has 1 aromatic rings. The molecule has 0 saturated carbocycles. The van der Waals surface area contributed by atoms with Crippen molar-refractivity contribution in [2.45, 2.75) is 39.0 Å². The van der Waals surface area contributed by atoms with E-state index in [-0.39, 0.29) is 0 Å². The molecular weight excluding hydrogens is 168 g/mol. The highest BCUT2D eigenvalue weighted by Gasteiger charge is 1.89. The van der Waals surface area contributed by atoms with E-state index in [4.69, 9.17) is 0 Å². The van der Waals surface area contributed by atoms with E-state index in [2.05, 4.69) is 37.3 Å². The van der Waals surface area contributed by atoms with E-state index >= 15 is 0 Å². The molecule has 0 aromatic heterocycles. The Labute approximate surface area is 87.7 Å². The predicted molar refractivity (Wildman–Crippen MR) is 62.3 cm³/mol. The average Bonchev–Trinajstić information content (AvgIpc) is 2.25. The Kier molecular flexibility index (Phi) is 5.81. The zero-order valence-electron chi connectivity index (χ0n) is 9.00. The highest BCUT2D eigenvalue weighted by molar-refractivity contribution is 5.12. The van der Waals surface area contributed by atoms with E-state index in [1.165, 1.54) is 31.2 Å². The number of rotatable bonds is 6. The number of hydrogen-bond donors (Lipinski definition) is 0. The Bertz CT molecular complexity index is 246. The van der Waals surface area contributed by atoms with Gasteiger partial charge in [-0.3, -0.25) is 0 Å². The van der Waals surface area contributed by atoms with Crippen LogP contribution in [0.25, 0.3) is 0 Å². The van der Waals surface area contributed by atoms with Gasteiger partial charge >= 0.3 is 0 Å². The summed E-state index contributed by atoms with van der Waals surface area (Å²) in [6.45, 7) is 2.21. The molecule has 0 heterocycles. The monoisotopic (exact) mass is 187 g/mol. The molecule has 0 N–H and O–H groups in total. The highest BCUT2D eigenvalue weighted by atomic mass is 13.9. The molecule has 0 bridgehead atoms. The minimum atomic E-state index is 1.15. The third kappa shape index (κ3) is 4.86. The quantitative estimate of drug-likeness (QED) is 0.463. The van der Waals surface area contributed by atoms with Gasteiger partial charge in [0.2, 0.25) is 0 Å². The van der Waals surface area contributed by atoms with Crippen LogP contribution in [0.2, 0.25) is 0 Å². The van der Waals surface area contributed by atoms with Crippen molar-refractivity contribution >= 4 is 0 Å². The molecule has 0 heteroatoms. The molecule has 0 fully saturated rings. The smallest absolute Gasteiger partial charge is 0.0149 e. The standard InChI is InChI=1S/C14H19/c1-2-3-4-5-6-8-11-14-12-9-7-10-13-14/h4-5,7,9-10,12H,2-3,6,8,11H2,1H3. The van der Waals surface area contributed by atoms with Gasteiger partial charge in [0.05, 0.1) is 0 Å². The fourth-order valence-corrected chi connectivity index (χ4v) is 1.40. The molecule has 0 unspecified atom stereocenters. The minimum absolute atomic E-state index is 1.15. The molecule has 0 aliphatic heterocycles. The van der Waals surface area contributed by atoms with Gasteiger partial charge in [-0.15, -0.1) is 0 Å². The second-order valence-corrected chi connectivity index (χ2v) is 3.54. The summed E-state index contributed by atoms with van der Waals surface area (Å²) in [5, 5.41) is 0. The van der Waals surface area contributed by atoms with Crippen LogP contribution in [0.15, 0.2) is 36.4 Å². The van der Waals surface area contributed by atoms with Crippen LogP contribution in [0.1, 0.15) is 38.2 Å². The molecule has 0 atom stereocenters. The van der Waals surface area contributed by atoms with Gasteiger partial charge in [0.1, 0.15) is 0 Å². The first-order valence-corrected chi connectivity index (χ1v) is 5.54. The maximum atomic E-state index is 3.25. The van der Waals surface area contributed by atoms with Crippen molar-refractivity contribution in [1.29, 1.82) is 0 Å². The molecule has 1 radical (unpaired) electrons. The van der Waals surface area contributed by atoms with Crippen molar-refractivity contribution in [3.8, 4) is 0 Å². The largest absolute Gasteiger partial charge is 0.0885 e. The van der Waals surface area contributed by atoms with Crippen LogP contribution >= 0.6 is 0 Å². The van der Waals surface area contributed by atoms with Gasteiger partial charge in [0.15, 0.2) is 0 Å². The zero-order valence-corrected chi connectivity index (χ0v) is 9.00. The molecule has 75 valence electrons. The summed E-state index contributed by atoms with van der Waals surface area (Å²) in [5.41, 5.74) is 1.33. The summed E-state index contributed by atoms with van der Waals surface area (Å²) >= 11 is 0. The van der Waals surface area contributed by atoms with Crippen LogP contribution in [0.3, 0.4) is 0 Å². The first kappa shape index (κ1) is 11.0. The van der Waals surface area contributed by atoms with Crippen molar-refractivity contribution in [1.82, 2.24) is 0 Å². The topological polar surface area (TPSA) is 0 Å².